The van der Waals surface area contributed by atoms with Crippen LogP contribution < -0.4 is 16.0 Å². The molecule has 32 heavy (non-hydrogen) atoms. The number of benzene rings is 2. The summed E-state index contributed by atoms with van der Waals surface area (Å²) in [6, 6.07) is 14.8. The molecule has 1 amide bonds. The number of hydrogen-bond acceptors (Lipinski definition) is 6. The second-order valence-electron chi connectivity index (χ2n) is 7.84. The van der Waals surface area contributed by atoms with E-state index in [0.717, 1.165) is 12.1 Å². The summed E-state index contributed by atoms with van der Waals surface area (Å²) in [4.78, 5) is 45.6. The summed E-state index contributed by atoms with van der Waals surface area (Å²) >= 11 is 0. The van der Waals surface area contributed by atoms with E-state index in [1.54, 1.807) is 23.1 Å². The lowest BCUT2D eigenvalue weighted by Crippen LogP contribution is -2.36. The maximum absolute atomic E-state index is 12.5. The van der Waals surface area contributed by atoms with Crippen LogP contribution in [-0.4, -0.2) is 32.1 Å². The first-order valence-corrected chi connectivity index (χ1v) is 10.5. The molecule has 1 atom stereocenters. The van der Waals surface area contributed by atoms with Crippen molar-refractivity contribution in [3.8, 4) is 11.4 Å². The molecule has 2 aromatic carbocycles. The van der Waals surface area contributed by atoms with Gasteiger partial charge in [0.2, 0.25) is 17.6 Å². The van der Waals surface area contributed by atoms with Gasteiger partial charge in [-0.2, -0.15) is 4.98 Å². The van der Waals surface area contributed by atoms with Crippen LogP contribution >= 0.6 is 0 Å². The van der Waals surface area contributed by atoms with Crippen molar-refractivity contribution in [3.63, 3.8) is 0 Å². The number of amides is 1. The van der Waals surface area contributed by atoms with E-state index in [9.17, 15) is 14.4 Å². The van der Waals surface area contributed by atoms with Crippen molar-refractivity contribution >= 4 is 22.6 Å². The number of nitrogens with zero attached hydrogens (tertiary/aromatic N) is 4. The number of nitrogens with one attached hydrogen (secondary N) is 1. The summed E-state index contributed by atoms with van der Waals surface area (Å²) < 4.78 is 6.96. The van der Waals surface area contributed by atoms with Gasteiger partial charge in [0.15, 0.2) is 0 Å². The quantitative estimate of drug-likeness (QED) is 0.486. The molecule has 1 fully saturated rings. The summed E-state index contributed by atoms with van der Waals surface area (Å²) in [5, 5.41) is 4.08. The summed E-state index contributed by atoms with van der Waals surface area (Å²) in [5.41, 5.74) is 1.43. The Morgan fingerprint density at radius 3 is 2.72 bits per heavy atom. The third kappa shape index (κ3) is 3.41. The minimum absolute atomic E-state index is 0.0122. The number of aromatic amines is 1. The molecule has 4 aromatic rings. The van der Waals surface area contributed by atoms with Crippen molar-refractivity contribution in [1.82, 2.24) is 19.7 Å². The lowest BCUT2D eigenvalue weighted by molar-refractivity contribution is -0.117. The zero-order valence-electron chi connectivity index (χ0n) is 17.4. The maximum atomic E-state index is 12.5. The van der Waals surface area contributed by atoms with E-state index in [-0.39, 0.29) is 11.8 Å². The van der Waals surface area contributed by atoms with Crippen LogP contribution in [0.3, 0.4) is 0 Å². The summed E-state index contributed by atoms with van der Waals surface area (Å²) in [6.07, 6.45) is 1.03. The lowest BCUT2D eigenvalue weighted by Gasteiger charge is -2.15. The number of aryl methyl sites for hydroxylation is 1. The number of H-pyrrole nitrogens is 1. The van der Waals surface area contributed by atoms with Gasteiger partial charge in [-0.3, -0.25) is 14.4 Å². The fourth-order valence-electron chi connectivity index (χ4n) is 4.11. The predicted octanol–water partition coefficient (Wildman–Crippen LogP) is 2.67. The van der Waals surface area contributed by atoms with Gasteiger partial charge in [0.05, 0.1) is 17.0 Å². The molecular weight excluding hydrogens is 410 g/mol. The molecule has 0 spiro atoms. The minimum Gasteiger partial charge on any atom is -0.339 e. The van der Waals surface area contributed by atoms with Crippen molar-refractivity contribution in [2.75, 3.05) is 11.4 Å². The molecule has 1 N–H and O–H groups in total. The SMILES string of the molecule is CCCn1c(=O)c(=O)[nH]c2cc(-c3noc(C4CC(=O)N(c5ccccc5)C4)n3)ccc21. The molecule has 1 aliphatic heterocycles. The average Bonchev–Trinajstić information content (AvgIpc) is 3.44. The van der Waals surface area contributed by atoms with Gasteiger partial charge in [0.25, 0.3) is 0 Å². The van der Waals surface area contributed by atoms with Crippen molar-refractivity contribution in [2.45, 2.75) is 32.2 Å². The first kappa shape index (κ1) is 19.9. The topological polar surface area (TPSA) is 114 Å². The van der Waals surface area contributed by atoms with Gasteiger partial charge in [-0.1, -0.05) is 30.3 Å². The van der Waals surface area contributed by atoms with E-state index in [2.05, 4.69) is 15.1 Å². The molecular formula is C23H21N5O4. The van der Waals surface area contributed by atoms with Gasteiger partial charge in [-0.15, -0.1) is 0 Å². The second-order valence-corrected chi connectivity index (χ2v) is 7.84. The second kappa shape index (κ2) is 7.92. The Bertz CT molecular complexity index is 1420. The van der Waals surface area contributed by atoms with Crippen LogP contribution in [0.2, 0.25) is 0 Å². The van der Waals surface area contributed by atoms with Crippen molar-refractivity contribution in [3.05, 3.63) is 75.1 Å². The van der Waals surface area contributed by atoms with Crippen LogP contribution in [0.25, 0.3) is 22.4 Å². The first-order chi connectivity index (χ1) is 15.5. The Hall–Kier alpha value is -4.01. The van der Waals surface area contributed by atoms with Crippen molar-refractivity contribution in [1.29, 1.82) is 0 Å². The molecule has 162 valence electrons. The molecule has 3 heterocycles. The zero-order valence-corrected chi connectivity index (χ0v) is 17.4. The number of para-hydroxylation sites is 1. The number of carbonyl (C=O) groups excluding carboxylic acids is 1. The normalized spacial score (nSPS) is 16.2. The van der Waals surface area contributed by atoms with Gasteiger partial charge < -0.3 is 19.0 Å². The van der Waals surface area contributed by atoms with Crippen LogP contribution in [0.15, 0.2) is 62.6 Å². The molecule has 0 aliphatic carbocycles. The van der Waals surface area contributed by atoms with Crippen LogP contribution in [-0.2, 0) is 11.3 Å². The molecule has 0 radical (unpaired) electrons. The van der Waals surface area contributed by atoms with Crippen LogP contribution in [0.5, 0.6) is 0 Å². The number of carbonyl (C=O) groups is 1. The maximum Gasteiger partial charge on any atom is 0.316 e. The van der Waals surface area contributed by atoms with E-state index < -0.39 is 11.1 Å². The predicted molar refractivity (Wildman–Crippen MR) is 119 cm³/mol. The van der Waals surface area contributed by atoms with Crippen molar-refractivity contribution in [2.24, 2.45) is 0 Å². The first-order valence-electron chi connectivity index (χ1n) is 10.5. The Balaban J connectivity index is 1.45. The van der Waals surface area contributed by atoms with E-state index in [4.69, 9.17) is 4.52 Å². The fraction of sp³-hybridized carbons (Fsp3) is 0.261. The van der Waals surface area contributed by atoms with Gasteiger partial charge >= 0.3 is 11.1 Å². The monoisotopic (exact) mass is 431 g/mol. The van der Waals surface area contributed by atoms with E-state index in [0.29, 0.717) is 47.8 Å². The number of hydrogen-bond donors (Lipinski definition) is 1. The largest absolute Gasteiger partial charge is 0.339 e. The number of aromatic nitrogens is 4. The van der Waals surface area contributed by atoms with E-state index in [1.807, 2.05) is 37.3 Å². The zero-order chi connectivity index (χ0) is 22.2. The molecule has 1 aliphatic rings. The molecule has 1 saturated heterocycles. The number of fused-ring (bicyclic) bond motifs is 1. The molecule has 0 bridgehead atoms. The molecule has 0 saturated carbocycles. The highest BCUT2D eigenvalue weighted by atomic mass is 16.5. The third-order valence-corrected chi connectivity index (χ3v) is 5.66. The molecule has 1 unspecified atom stereocenters. The van der Waals surface area contributed by atoms with Gasteiger partial charge in [-0.25, -0.2) is 0 Å². The Labute approximate surface area is 182 Å². The number of anilines is 1. The Morgan fingerprint density at radius 2 is 1.94 bits per heavy atom. The molecule has 9 heteroatoms. The van der Waals surface area contributed by atoms with E-state index in [1.165, 1.54) is 4.57 Å². The molecule has 9 nitrogen and oxygen atoms in total. The molecule has 5 rings (SSSR count). The summed E-state index contributed by atoms with van der Waals surface area (Å²) in [5.74, 6) is 0.579. The van der Waals surface area contributed by atoms with Crippen LogP contribution in [0.1, 0.15) is 31.6 Å². The average molecular weight is 431 g/mol. The highest BCUT2D eigenvalue weighted by molar-refractivity contribution is 5.96. The summed E-state index contributed by atoms with van der Waals surface area (Å²) in [7, 11) is 0. The van der Waals surface area contributed by atoms with Crippen LogP contribution in [0, 0.1) is 0 Å². The lowest BCUT2D eigenvalue weighted by atomic mass is 10.1. The summed E-state index contributed by atoms with van der Waals surface area (Å²) in [6.45, 7) is 2.87. The highest BCUT2D eigenvalue weighted by Crippen LogP contribution is 2.32. The van der Waals surface area contributed by atoms with E-state index >= 15 is 0 Å². The fourth-order valence-corrected chi connectivity index (χ4v) is 4.11. The number of rotatable bonds is 5. The standard InChI is InChI=1S/C23H21N5O4/c1-2-10-27-18-9-8-14(11-17(18)24-21(30)23(27)31)20-25-22(32-26-20)15-12-19(29)28(13-15)16-6-4-3-5-7-16/h3-9,11,15H,2,10,12-13H2,1H3,(H,24,30). The third-order valence-electron chi connectivity index (χ3n) is 5.66. The van der Waals surface area contributed by atoms with Crippen molar-refractivity contribution < 1.29 is 9.32 Å². The minimum atomic E-state index is -0.664. The smallest absolute Gasteiger partial charge is 0.316 e. The molecule has 2 aromatic heterocycles. The highest BCUT2D eigenvalue weighted by Gasteiger charge is 2.35. The Kier molecular flexibility index (Phi) is 4.93. The van der Waals surface area contributed by atoms with Gasteiger partial charge in [0.1, 0.15) is 0 Å². The van der Waals surface area contributed by atoms with Gasteiger partial charge in [-0.05, 0) is 36.8 Å². The Morgan fingerprint density at radius 1 is 1.12 bits per heavy atom. The van der Waals surface area contributed by atoms with Gasteiger partial charge in [0, 0.05) is 30.8 Å². The van der Waals surface area contributed by atoms with Crippen LogP contribution in [0.4, 0.5) is 5.69 Å².